The van der Waals surface area contributed by atoms with Crippen LogP contribution in [0.25, 0.3) is 28.1 Å². The average molecular weight is 353 g/mol. The van der Waals surface area contributed by atoms with Crippen molar-refractivity contribution in [3.8, 4) is 11.3 Å². The highest BCUT2D eigenvalue weighted by atomic mass is 16.1. The third-order valence-corrected chi connectivity index (χ3v) is 4.58. The topological polar surface area (TPSA) is 65.1 Å². The molecule has 4 aromatic heterocycles. The molecule has 0 amide bonds. The first-order chi connectivity index (χ1) is 13.3. The Morgan fingerprint density at radius 2 is 1.85 bits per heavy atom. The second kappa shape index (κ2) is 6.17. The zero-order valence-corrected chi connectivity index (χ0v) is 14.4. The predicted molar refractivity (Wildman–Crippen MR) is 104 cm³/mol. The first-order valence-electron chi connectivity index (χ1n) is 8.61. The Kier molecular flexibility index (Phi) is 3.53. The zero-order valence-electron chi connectivity index (χ0n) is 14.4. The van der Waals surface area contributed by atoms with Gasteiger partial charge in [-0.05, 0) is 35.9 Å². The lowest BCUT2D eigenvalue weighted by Gasteiger charge is -2.10. The van der Waals surface area contributed by atoms with E-state index in [0.29, 0.717) is 17.7 Å². The normalized spacial score (nSPS) is 11.3. The minimum absolute atomic E-state index is 0.165. The van der Waals surface area contributed by atoms with Crippen molar-refractivity contribution in [2.75, 3.05) is 0 Å². The minimum Gasteiger partial charge on any atom is -0.300 e. The number of imidazole rings is 1. The van der Waals surface area contributed by atoms with E-state index in [9.17, 15) is 4.79 Å². The summed E-state index contributed by atoms with van der Waals surface area (Å²) in [4.78, 5) is 25.3. The molecule has 0 N–H and O–H groups in total. The maximum absolute atomic E-state index is 12.4. The van der Waals surface area contributed by atoms with Gasteiger partial charge in [-0.15, -0.1) is 0 Å². The number of hydrogen-bond acceptors (Lipinski definition) is 4. The van der Waals surface area contributed by atoms with Gasteiger partial charge in [0.25, 0.3) is 5.56 Å². The molecular weight excluding hydrogens is 338 g/mol. The van der Waals surface area contributed by atoms with E-state index in [4.69, 9.17) is 0 Å². The number of benzene rings is 1. The summed E-state index contributed by atoms with van der Waals surface area (Å²) in [6, 6.07) is 17.7. The summed E-state index contributed by atoms with van der Waals surface area (Å²) in [5.74, 6) is 0. The molecule has 0 saturated carbocycles. The highest BCUT2D eigenvalue weighted by Crippen LogP contribution is 2.22. The molecule has 0 radical (unpaired) electrons. The van der Waals surface area contributed by atoms with Crippen molar-refractivity contribution in [2.24, 2.45) is 0 Å². The van der Waals surface area contributed by atoms with Gasteiger partial charge in [-0.3, -0.25) is 13.8 Å². The molecule has 0 spiro atoms. The molecule has 0 aliphatic rings. The molecular formula is C21H15N5O. The van der Waals surface area contributed by atoms with Crippen LogP contribution in [-0.4, -0.2) is 23.9 Å². The monoisotopic (exact) mass is 353 g/mol. The first-order valence-corrected chi connectivity index (χ1v) is 8.61. The fourth-order valence-electron chi connectivity index (χ4n) is 3.31. The molecule has 0 saturated heterocycles. The van der Waals surface area contributed by atoms with E-state index in [2.05, 4.69) is 25.4 Å². The van der Waals surface area contributed by atoms with Gasteiger partial charge in [-0.25, -0.2) is 15.0 Å². The molecule has 27 heavy (non-hydrogen) atoms. The van der Waals surface area contributed by atoms with Crippen LogP contribution in [0.4, 0.5) is 0 Å². The number of fused-ring (bicyclic) bond motifs is 2. The van der Waals surface area contributed by atoms with Gasteiger partial charge in [0.1, 0.15) is 11.2 Å². The van der Waals surface area contributed by atoms with Crippen LogP contribution >= 0.6 is 0 Å². The van der Waals surface area contributed by atoms with Crippen molar-refractivity contribution in [1.29, 1.82) is 0 Å². The molecule has 0 bridgehead atoms. The summed E-state index contributed by atoms with van der Waals surface area (Å²) >= 11 is 0. The van der Waals surface area contributed by atoms with Gasteiger partial charge in [0.05, 0.1) is 24.6 Å². The van der Waals surface area contributed by atoms with Crippen LogP contribution in [-0.2, 0) is 6.54 Å². The van der Waals surface area contributed by atoms with Crippen molar-refractivity contribution in [3.05, 3.63) is 95.3 Å². The molecule has 6 heteroatoms. The van der Waals surface area contributed by atoms with E-state index in [1.54, 1.807) is 10.8 Å². The molecule has 0 aliphatic heterocycles. The van der Waals surface area contributed by atoms with Gasteiger partial charge in [0.15, 0.2) is 5.65 Å². The quantitative estimate of drug-likeness (QED) is 0.500. The SMILES string of the molecule is O=c1cnc2cccnc2n1Cc1cccc(-c2cnc3ccccn23)c1. The summed E-state index contributed by atoms with van der Waals surface area (Å²) in [5, 5.41) is 0. The fraction of sp³-hybridized carbons (Fsp3) is 0.0476. The maximum atomic E-state index is 12.4. The Bertz CT molecular complexity index is 1340. The minimum atomic E-state index is -0.165. The van der Waals surface area contributed by atoms with Gasteiger partial charge in [-0.2, -0.15) is 0 Å². The second-order valence-electron chi connectivity index (χ2n) is 6.30. The summed E-state index contributed by atoms with van der Waals surface area (Å²) in [5.41, 5.74) is 5.10. The third kappa shape index (κ3) is 2.67. The molecule has 5 rings (SSSR count). The Morgan fingerprint density at radius 1 is 0.889 bits per heavy atom. The van der Waals surface area contributed by atoms with Crippen LogP contribution in [0.3, 0.4) is 0 Å². The molecule has 5 aromatic rings. The Hall–Kier alpha value is -3.80. The van der Waals surface area contributed by atoms with Crippen LogP contribution in [0.5, 0.6) is 0 Å². The average Bonchev–Trinajstić information content (AvgIpc) is 3.15. The van der Waals surface area contributed by atoms with Crippen molar-refractivity contribution in [2.45, 2.75) is 6.54 Å². The molecule has 4 heterocycles. The lowest BCUT2D eigenvalue weighted by atomic mass is 10.1. The third-order valence-electron chi connectivity index (χ3n) is 4.58. The Morgan fingerprint density at radius 3 is 2.81 bits per heavy atom. The van der Waals surface area contributed by atoms with Crippen LogP contribution in [0.15, 0.2) is 84.2 Å². The van der Waals surface area contributed by atoms with Gasteiger partial charge < -0.3 is 0 Å². The number of hydrogen-bond donors (Lipinski definition) is 0. The molecule has 0 unspecified atom stereocenters. The summed E-state index contributed by atoms with van der Waals surface area (Å²) < 4.78 is 3.70. The Labute approximate surface area is 154 Å². The molecule has 1 aromatic carbocycles. The van der Waals surface area contributed by atoms with E-state index < -0.39 is 0 Å². The van der Waals surface area contributed by atoms with Gasteiger partial charge in [0.2, 0.25) is 0 Å². The van der Waals surface area contributed by atoms with Crippen LogP contribution < -0.4 is 5.56 Å². The largest absolute Gasteiger partial charge is 0.300 e. The highest BCUT2D eigenvalue weighted by molar-refractivity contribution is 5.69. The number of aromatic nitrogens is 5. The lowest BCUT2D eigenvalue weighted by Crippen LogP contribution is -2.21. The highest BCUT2D eigenvalue weighted by Gasteiger charge is 2.09. The van der Waals surface area contributed by atoms with Crippen LogP contribution in [0, 0.1) is 0 Å². The molecule has 0 fully saturated rings. The lowest BCUT2D eigenvalue weighted by molar-refractivity contribution is 0.775. The summed E-state index contributed by atoms with van der Waals surface area (Å²) in [6.07, 6.45) is 6.88. The van der Waals surface area contributed by atoms with Crippen molar-refractivity contribution in [3.63, 3.8) is 0 Å². The van der Waals surface area contributed by atoms with Gasteiger partial charge in [-0.1, -0.05) is 24.3 Å². The van der Waals surface area contributed by atoms with E-state index in [1.807, 2.05) is 60.9 Å². The predicted octanol–water partition coefficient (Wildman–Crippen LogP) is 3.15. The van der Waals surface area contributed by atoms with E-state index in [-0.39, 0.29) is 5.56 Å². The summed E-state index contributed by atoms with van der Waals surface area (Å²) in [6.45, 7) is 0.430. The smallest absolute Gasteiger partial charge is 0.270 e. The maximum Gasteiger partial charge on any atom is 0.270 e. The van der Waals surface area contributed by atoms with Crippen LogP contribution in [0.1, 0.15) is 5.56 Å². The van der Waals surface area contributed by atoms with Crippen molar-refractivity contribution < 1.29 is 0 Å². The standard InChI is InChI=1S/C21H15N5O/c27-20-13-23-17-7-4-9-22-21(17)26(20)14-15-5-3-6-16(11-15)18-12-24-19-8-1-2-10-25(18)19/h1-13H,14H2. The van der Waals surface area contributed by atoms with E-state index >= 15 is 0 Å². The van der Waals surface area contributed by atoms with Crippen molar-refractivity contribution in [1.82, 2.24) is 23.9 Å². The summed E-state index contributed by atoms with van der Waals surface area (Å²) in [7, 11) is 0. The van der Waals surface area contributed by atoms with E-state index in [0.717, 1.165) is 22.5 Å². The molecule has 0 atom stereocenters. The number of nitrogens with zero attached hydrogens (tertiary/aromatic N) is 5. The van der Waals surface area contributed by atoms with Crippen LogP contribution in [0.2, 0.25) is 0 Å². The van der Waals surface area contributed by atoms with Crippen molar-refractivity contribution >= 4 is 16.8 Å². The molecule has 6 nitrogen and oxygen atoms in total. The Balaban J connectivity index is 1.60. The number of pyridine rings is 2. The second-order valence-corrected chi connectivity index (χ2v) is 6.30. The van der Waals surface area contributed by atoms with E-state index in [1.165, 1.54) is 6.20 Å². The molecule has 0 aliphatic carbocycles. The fourth-order valence-corrected chi connectivity index (χ4v) is 3.31. The number of rotatable bonds is 3. The molecule has 130 valence electrons. The van der Waals surface area contributed by atoms with Gasteiger partial charge in [0, 0.05) is 18.0 Å². The first kappa shape index (κ1) is 15.5. The zero-order chi connectivity index (χ0) is 18.2. The van der Waals surface area contributed by atoms with Gasteiger partial charge >= 0.3 is 0 Å².